The fourth-order valence-electron chi connectivity index (χ4n) is 1.93. The Hall–Kier alpha value is -2.06. The smallest absolute Gasteiger partial charge is 0.242 e. The van der Waals surface area contributed by atoms with Gasteiger partial charge in [0.25, 0.3) is 0 Å². The first-order valence-corrected chi connectivity index (χ1v) is 8.88. The molecular weight excluding hydrogens is 340 g/mol. The van der Waals surface area contributed by atoms with Gasteiger partial charge in [-0.15, -0.1) is 0 Å². The lowest BCUT2D eigenvalue weighted by molar-refractivity contribution is -0.127. The average molecular weight is 357 g/mol. The van der Waals surface area contributed by atoms with E-state index in [4.69, 9.17) is 11.6 Å². The zero-order valence-electron chi connectivity index (χ0n) is 13.0. The van der Waals surface area contributed by atoms with Gasteiger partial charge in [0.05, 0.1) is 29.0 Å². The fourth-order valence-corrected chi connectivity index (χ4v) is 3.04. The zero-order chi connectivity index (χ0) is 17.2. The van der Waals surface area contributed by atoms with Crippen LogP contribution in [0.15, 0.2) is 36.9 Å². The number of amides is 1. The first-order valence-electron chi connectivity index (χ1n) is 6.66. The molecular formula is C14H17ClN4O3S. The molecule has 0 unspecified atom stereocenters. The Bertz CT molecular complexity index is 803. The number of rotatable bonds is 5. The van der Waals surface area contributed by atoms with Crippen molar-refractivity contribution >= 4 is 33.2 Å². The maximum Gasteiger partial charge on any atom is 0.242 e. The molecule has 124 valence electrons. The highest BCUT2D eigenvalue weighted by atomic mass is 35.5. The number of benzene rings is 1. The van der Waals surface area contributed by atoms with Crippen LogP contribution in [0.1, 0.15) is 0 Å². The van der Waals surface area contributed by atoms with Gasteiger partial charge in [-0.1, -0.05) is 11.6 Å². The van der Waals surface area contributed by atoms with Crippen LogP contribution >= 0.6 is 11.6 Å². The minimum absolute atomic E-state index is 0.285. The number of carbonyl (C=O) groups is 1. The number of imidazole rings is 1. The van der Waals surface area contributed by atoms with Gasteiger partial charge < -0.3 is 9.47 Å². The number of hydrogen-bond acceptors (Lipinski definition) is 4. The van der Waals surface area contributed by atoms with Crippen molar-refractivity contribution in [2.75, 3.05) is 31.2 Å². The Morgan fingerprint density at radius 2 is 2.04 bits per heavy atom. The highest BCUT2D eigenvalue weighted by Gasteiger charge is 2.22. The van der Waals surface area contributed by atoms with Crippen LogP contribution in [0.4, 0.5) is 5.69 Å². The highest BCUT2D eigenvalue weighted by molar-refractivity contribution is 7.92. The molecule has 0 saturated carbocycles. The van der Waals surface area contributed by atoms with Gasteiger partial charge in [-0.05, 0) is 18.2 Å². The van der Waals surface area contributed by atoms with E-state index in [2.05, 4.69) is 4.98 Å². The molecule has 1 amide bonds. The van der Waals surface area contributed by atoms with E-state index in [-0.39, 0.29) is 12.5 Å². The van der Waals surface area contributed by atoms with Crippen molar-refractivity contribution in [1.29, 1.82) is 0 Å². The summed E-state index contributed by atoms with van der Waals surface area (Å²) in [6.07, 6.45) is 5.98. The van der Waals surface area contributed by atoms with Crippen molar-refractivity contribution in [3.63, 3.8) is 0 Å². The molecule has 1 aromatic heterocycles. The normalized spacial score (nSPS) is 11.3. The summed E-state index contributed by atoms with van der Waals surface area (Å²) in [5.41, 5.74) is 0.997. The largest absolute Gasteiger partial charge is 0.347 e. The summed E-state index contributed by atoms with van der Waals surface area (Å²) in [6, 6.07) is 4.80. The number of anilines is 1. The van der Waals surface area contributed by atoms with Crippen molar-refractivity contribution in [2.45, 2.75) is 0 Å². The van der Waals surface area contributed by atoms with Crippen LogP contribution in [0.2, 0.25) is 5.02 Å². The molecule has 9 heteroatoms. The molecule has 1 heterocycles. The lowest BCUT2D eigenvalue weighted by atomic mass is 10.2. The number of hydrogen-bond donors (Lipinski definition) is 0. The van der Waals surface area contributed by atoms with Crippen LogP contribution in [0.25, 0.3) is 5.69 Å². The van der Waals surface area contributed by atoms with Gasteiger partial charge in [-0.3, -0.25) is 9.10 Å². The van der Waals surface area contributed by atoms with Crippen molar-refractivity contribution in [3.05, 3.63) is 41.9 Å². The summed E-state index contributed by atoms with van der Waals surface area (Å²) in [4.78, 5) is 17.2. The third-order valence-corrected chi connectivity index (χ3v) is 4.62. The second-order valence-corrected chi connectivity index (χ2v) is 7.48. The molecule has 0 aliphatic carbocycles. The molecule has 23 heavy (non-hydrogen) atoms. The Morgan fingerprint density at radius 1 is 1.35 bits per heavy atom. The molecule has 0 aliphatic heterocycles. The number of sulfonamides is 1. The zero-order valence-corrected chi connectivity index (χ0v) is 14.5. The molecule has 0 spiro atoms. The van der Waals surface area contributed by atoms with E-state index in [9.17, 15) is 13.2 Å². The predicted molar refractivity (Wildman–Crippen MR) is 89.5 cm³/mol. The number of carbonyl (C=O) groups excluding carboxylic acids is 1. The van der Waals surface area contributed by atoms with Crippen molar-refractivity contribution in [1.82, 2.24) is 14.5 Å². The second-order valence-electron chi connectivity index (χ2n) is 5.16. The van der Waals surface area contributed by atoms with Gasteiger partial charge >= 0.3 is 0 Å². The maximum atomic E-state index is 12.0. The molecule has 0 bridgehead atoms. The van der Waals surface area contributed by atoms with Gasteiger partial charge in [0.15, 0.2) is 0 Å². The van der Waals surface area contributed by atoms with E-state index < -0.39 is 10.0 Å². The monoisotopic (exact) mass is 356 g/mol. The standard InChI is InChI=1S/C14H17ClN4O3S/c1-17(2)14(20)9-19(23(3,21)22)11-4-5-13(12(15)8-11)18-7-6-16-10-18/h4-8,10H,9H2,1-3H3. The van der Waals surface area contributed by atoms with Crippen LogP contribution < -0.4 is 4.31 Å². The Morgan fingerprint density at radius 3 is 2.52 bits per heavy atom. The lowest BCUT2D eigenvalue weighted by Gasteiger charge is -2.24. The predicted octanol–water partition coefficient (Wildman–Crippen LogP) is 1.38. The SMILES string of the molecule is CN(C)C(=O)CN(c1ccc(-n2ccnc2)c(Cl)c1)S(C)(=O)=O. The lowest BCUT2D eigenvalue weighted by Crippen LogP contribution is -2.39. The van der Waals surface area contributed by atoms with Gasteiger partial charge in [0.1, 0.15) is 6.54 Å². The van der Waals surface area contributed by atoms with E-state index in [1.54, 1.807) is 49.5 Å². The van der Waals surface area contributed by atoms with Crippen LogP contribution in [-0.4, -0.2) is 55.7 Å². The summed E-state index contributed by atoms with van der Waals surface area (Å²) in [7, 11) is -0.487. The van der Waals surface area contributed by atoms with Crippen LogP contribution in [0, 0.1) is 0 Å². The molecule has 0 N–H and O–H groups in total. The Kier molecular flexibility index (Phi) is 4.96. The van der Waals surface area contributed by atoms with E-state index in [0.717, 1.165) is 10.6 Å². The van der Waals surface area contributed by atoms with Crippen LogP contribution in [0.3, 0.4) is 0 Å². The summed E-state index contributed by atoms with van der Waals surface area (Å²) in [5.74, 6) is -0.328. The van der Waals surface area contributed by atoms with Gasteiger partial charge in [-0.25, -0.2) is 13.4 Å². The van der Waals surface area contributed by atoms with Crippen LogP contribution in [0.5, 0.6) is 0 Å². The number of nitrogens with zero attached hydrogens (tertiary/aromatic N) is 4. The molecule has 1 aromatic carbocycles. The van der Waals surface area contributed by atoms with Crippen molar-refractivity contribution < 1.29 is 13.2 Å². The first-order chi connectivity index (χ1) is 10.7. The minimum atomic E-state index is -3.62. The minimum Gasteiger partial charge on any atom is -0.347 e. The molecule has 0 atom stereocenters. The summed E-state index contributed by atoms with van der Waals surface area (Å²) in [5, 5.41) is 0.353. The number of aromatic nitrogens is 2. The summed E-state index contributed by atoms with van der Waals surface area (Å²) >= 11 is 6.25. The molecule has 2 aromatic rings. The maximum absolute atomic E-state index is 12.0. The highest BCUT2D eigenvalue weighted by Crippen LogP contribution is 2.27. The summed E-state index contributed by atoms with van der Waals surface area (Å²) in [6.45, 7) is -0.285. The molecule has 0 fully saturated rings. The van der Waals surface area contributed by atoms with Crippen molar-refractivity contribution in [3.8, 4) is 5.69 Å². The van der Waals surface area contributed by atoms with E-state index in [1.165, 1.54) is 11.0 Å². The van der Waals surface area contributed by atoms with Crippen LogP contribution in [-0.2, 0) is 14.8 Å². The molecule has 0 aliphatic rings. The van der Waals surface area contributed by atoms with E-state index >= 15 is 0 Å². The third kappa shape index (κ3) is 4.02. The first kappa shape index (κ1) is 17.3. The molecule has 0 radical (unpaired) electrons. The number of likely N-dealkylation sites (N-methyl/N-ethyl adjacent to an activating group) is 1. The molecule has 0 saturated heterocycles. The van der Waals surface area contributed by atoms with E-state index in [1.807, 2.05) is 0 Å². The van der Waals surface area contributed by atoms with Gasteiger partial charge in [-0.2, -0.15) is 0 Å². The second kappa shape index (κ2) is 6.59. The third-order valence-electron chi connectivity index (χ3n) is 3.18. The topological polar surface area (TPSA) is 75.5 Å². The Balaban J connectivity index is 2.40. The molecule has 2 rings (SSSR count). The summed E-state index contributed by atoms with van der Waals surface area (Å²) < 4.78 is 26.8. The Labute approximate surface area is 140 Å². The fraction of sp³-hybridized carbons (Fsp3) is 0.286. The van der Waals surface area contributed by atoms with Crippen molar-refractivity contribution in [2.24, 2.45) is 0 Å². The van der Waals surface area contributed by atoms with Gasteiger partial charge in [0.2, 0.25) is 15.9 Å². The number of halogens is 1. The quantitative estimate of drug-likeness (QED) is 0.811. The van der Waals surface area contributed by atoms with Gasteiger partial charge in [0, 0.05) is 26.5 Å². The average Bonchev–Trinajstić information content (AvgIpc) is 2.96. The molecule has 7 nitrogen and oxygen atoms in total. The van der Waals surface area contributed by atoms with E-state index in [0.29, 0.717) is 16.4 Å².